The number of urea groups is 1. The number of hydrogen-bond donors (Lipinski definition) is 3. The number of rotatable bonds is 5. The van der Waals surface area contributed by atoms with Gasteiger partial charge < -0.3 is 20.5 Å². The average Bonchev–Trinajstić information content (AvgIpc) is 3.22. The van der Waals surface area contributed by atoms with Crippen molar-refractivity contribution in [3.8, 4) is 5.75 Å². The predicted molar refractivity (Wildman–Crippen MR) is 74.3 cm³/mol. The highest BCUT2D eigenvalue weighted by Gasteiger charge is 2.29. The molecule has 0 spiro atoms. The Morgan fingerprint density at radius 3 is 2.65 bits per heavy atom. The molecular weight excluding hydrogens is 260 g/mol. The third kappa shape index (κ3) is 3.40. The van der Waals surface area contributed by atoms with Crippen molar-refractivity contribution >= 4 is 17.7 Å². The number of hydrogen-bond acceptors (Lipinski definition) is 3. The van der Waals surface area contributed by atoms with Crippen molar-refractivity contribution in [3.63, 3.8) is 0 Å². The van der Waals surface area contributed by atoms with E-state index in [1.165, 1.54) is 19.2 Å². The van der Waals surface area contributed by atoms with Gasteiger partial charge in [-0.1, -0.05) is 0 Å². The summed E-state index contributed by atoms with van der Waals surface area (Å²) in [5, 5.41) is 14.5. The Kier molecular flexibility index (Phi) is 4.12. The van der Waals surface area contributed by atoms with Gasteiger partial charge in [0.25, 0.3) is 0 Å². The van der Waals surface area contributed by atoms with E-state index in [-0.39, 0.29) is 17.3 Å². The zero-order valence-corrected chi connectivity index (χ0v) is 11.5. The topological polar surface area (TPSA) is 87.7 Å². The molecule has 1 aliphatic carbocycles. The first kappa shape index (κ1) is 14.2. The van der Waals surface area contributed by atoms with Crippen molar-refractivity contribution in [1.29, 1.82) is 0 Å². The van der Waals surface area contributed by atoms with Crippen LogP contribution in [0.2, 0.25) is 0 Å². The summed E-state index contributed by atoms with van der Waals surface area (Å²) in [4.78, 5) is 23.0. The molecular formula is C14H18N2O4. The summed E-state index contributed by atoms with van der Waals surface area (Å²) in [6.07, 6.45) is 2.25. The van der Waals surface area contributed by atoms with Gasteiger partial charge in [-0.05, 0) is 37.8 Å². The van der Waals surface area contributed by atoms with Crippen molar-refractivity contribution < 1.29 is 19.4 Å². The van der Waals surface area contributed by atoms with Crippen LogP contribution in [-0.4, -0.2) is 30.3 Å². The quantitative estimate of drug-likeness (QED) is 0.771. The molecule has 1 unspecified atom stereocenters. The molecule has 2 rings (SSSR count). The van der Waals surface area contributed by atoms with Gasteiger partial charge in [0.05, 0.1) is 18.4 Å². The fourth-order valence-corrected chi connectivity index (χ4v) is 2.02. The number of carboxylic acid groups (broad SMARTS) is 1. The summed E-state index contributed by atoms with van der Waals surface area (Å²) in [5.41, 5.74) is 0.248. The van der Waals surface area contributed by atoms with E-state index in [1.54, 1.807) is 6.07 Å². The van der Waals surface area contributed by atoms with Gasteiger partial charge in [0, 0.05) is 12.1 Å². The van der Waals surface area contributed by atoms with Crippen molar-refractivity contribution in [2.75, 3.05) is 12.4 Å². The van der Waals surface area contributed by atoms with Gasteiger partial charge in [0.15, 0.2) is 0 Å². The number of anilines is 1. The van der Waals surface area contributed by atoms with Gasteiger partial charge in [0.1, 0.15) is 5.75 Å². The van der Waals surface area contributed by atoms with Crippen LogP contribution in [0.25, 0.3) is 0 Å². The van der Waals surface area contributed by atoms with Crippen LogP contribution >= 0.6 is 0 Å². The number of carboxylic acids is 1. The third-order valence-electron chi connectivity index (χ3n) is 3.39. The molecule has 1 aromatic rings. The van der Waals surface area contributed by atoms with Gasteiger partial charge in [-0.25, -0.2) is 9.59 Å². The second kappa shape index (κ2) is 5.81. The van der Waals surface area contributed by atoms with Gasteiger partial charge in [0.2, 0.25) is 0 Å². The molecule has 108 valence electrons. The number of benzene rings is 1. The monoisotopic (exact) mass is 278 g/mol. The van der Waals surface area contributed by atoms with Gasteiger partial charge in [-0.15, -0.1) is 0 Å². The van der Waals surface area contributed by atoms with Crippen LogP contribution in [0.3, 0.4) is 0 Å². The highest BCUT2D eigenvalue weighted by molar-refractivity contribution is 6.00. The Bertz CT molecular complexity index is 526. The van der Waals surface area contributed by atoms with Gasteiger partial charge in [-0.3, -0.25) is 0 Å². The summed E-state index contributed by atoms with van der Waals surface area (Å²) in [5.74, 6) is -0.0799. The van der Waals surface area contributed by atoms with E-state index in [2.05, 4.69) is 10.6 Å². The van der Waals surface area contributed by atoms with Crippen LogP contribution in [0.4, 0.5) is 10.5 Å². The fourth-order valence-electron chi connectivity index (χ4n) is 2.02. The van der Waals surface area contributed by atoms with E-state index in [9.17, 15) is 9.59 Å². The van der Waals surface area contributed by atoms with Crippen LogP contribution in [-0.2, 0) is 0 Å². The van der Waals surface area contributed by atoms with Crippen LogP contribution in [0.15, 0.2) is 18.2 Å². The van der Waals surface area contributed by atoms with E-state index < -0.39 is 12.0 Å². The molecule has 1 atom stereocenters. The minimum atomic E-state index is -1.10. The van der Waals surface area contributed by atoms with Crippen LogP contribution in [0.5, 0.6) is 5.75 Å². The summed E-state index contributed by atoms with van der Waals surface area (Å²) in [7, 11) is 1.48. The molecule has 6 heteroatoms. The number of carbonyl (C=O) groups excluding carboxylic acids is 1. The molecule has 0 aliphatic heterocycles. The van der Waals surface area contributed by atoms with Gasteiger partial charge in [-0.2, -0.15) is 0 Å². The lowest BCUT2D eigenvalue weighted by Gasteiger charge is -2.15. The van der Waals surface area contributed by atoms with Crippen LogP contribution in [0.1, 0.15) is 30.1 Å². The lowest BCUT2D eigenvalue weighted by Crippen LogP contribution is -2.37. The highest BCUT2D eigenvalue weighted by atomic mass is 16.5. The SMILES string of the molecule is COc1ccc(C(=O)O)c(NC(=O)NC(C)C2CC2)c1. The Hall–Kier alpha value is -2.24. The molecule has 1 aliphatic rings. The number of carbonyl (C=O) groups is 2. The molecule has 0 saturated heterocycles. The minimum absolute atomic E-state index is 0.0278. The maximum Gasteiger partial charge on any atom is 0.337 e. The molecule has 0 bridgehead atoms. The Morgan fingerprint density at radius 2 is 2.10 bits per heavy atom. The predicted octanol–water partition coefficient (Wildman–Crippen LogP) is 2.31. The molecule has 6 nitrogen and oxygen atoms in total. The van der Waals surface area contributed by atoms with Crippen LogP contribution in [0, 0.1) is 5.92 Å². The first-order valence-electron chi connectivity index (χ1n) is 6.50. The van der Waals surface area contributed by atoms with E-state index >= 15 is 0 Å². The number of amides is 2. The van der Waals surface area contributed by atoms with Gasteiger partial charge >= 0.3 is 12.0 Å². The molecule has 0 radical (unpaired) electrons. The molecule has 1 fully saturated rings. The number of ether oxygens (including phenoxy) is 1. The van der Waals surface area contributed by atoms with Crippen molar-refractivity contribution in [2.45, 2.75) is 25.8 Å². The Balaban J connectivity index is 2.09. The summed E-state index contributed by atoms with van der Waals surface area (Å²) < 4.78 is 5.04. The fraction of sp³-hybridized carbons (Fsp3) is 0.429. The maximum atomic E-state index is 11.9. The van der Waals surface area contributed by atoms with E-state index in [0.29, 0.717) is 11.7 Å². The van der Waals surface area contributed by atoms with Crippen molar-refractivity contribution in [2.24, 2.45) is 5.92 Å². The molecule has 1 saturated carbocycles. The zero-order chi connectivity index (χ0) is 14.7. The average molecular weight is 278 g/mol. The summed E-state index contributed by atoms with van der Waals surface area (Å²) in [6, 6.07) is 4.12. The lowest BCUT2D eigenvalue weighted by atomic mass is 10.1. The number of methoxy groups -OCH3 is 1. The Morgan fingerprint density at radius 1 is 1.40 bits per heavy atom. The largest absolute Gasteiger partial charge is 0.497 e. The zero-order valence-electron chi connectivity index (χ0n) is 11.5. The first-order valence-corrected chi connectivity index (χ1v) is 6.50. The van der Waals surface area contributed by atoms with E-state index in [1.807, 2.05) is 6.92 Å². The second-order valence-electron chi connectivity index (χ2n) is 4.94. The summed E-state index contributed by atoms with van der Waals surface area (Å²) >= 11 is 0. The van der Waals surface area contributed by atoms with Crippen molar-refractivity contribution in [3.05, 3.63) is 23.8 Å². The maximum absolute atomic E-state index is 11.9. The minimum Gasteiger partial charge on any atom is -0.497 e. The molecule has 20 heavy (non-hydrogen) atoms. The van der Waals surface area contributed by atoms with E-state index in [0.717, 1.165) is 12.8 Å². The molecule has 0 aromatic heterocycles. The molecule has 0 heterocycles. The van der Waals surface area contributed by atoms with Crippen LogP contribution < -0.4 is 15.4 Å². The Labute approximate surface area is 117 Å². The lowest BCUT2D eigenvalue weighted by molar-refractivity contribution is 0.0698. The third-order valence-corrected chi connectivity index (χ3v) is 3.39. The summed E-state index contributed by atoms with van der Waals surface area (Å²) in [6.45, 7) is 1.95. The van der Waals surface area contributed by atoms with Crippen molar-refractivity contribution in [1.82, 2.24) is 5.32 Å². The number of nitrogens with one attached hydrogen (secondary N) is 2. The smallest absolute Gasteiger partial charge is 0.337 e. The normalized spacial score (nSPS) is 15.3. The first-order chi connectivity index (χ1) is 9.51. The standard InChI is InChI=1S/C14H18N2O4/c1-8(9-3-4-9)15-14(19)16-12-7-10(20-2)5-6-11(12)13(17)18/h5-9H,3-4H2,1-2H3,(H,17,18)(H2,15,16,19). The molecule has 3 N–H and O–H groups in total. The van der Waals surface area contributed by atoms with E-state index in [4.69, 9.17) is 9.84 Å². The second-order valence-corrected chi connectivity index (χ2v) is 4.94. The molecule has 1 aromatic carbocycles. The number of aromatic carboxylic acids is 1. The molecule has 2 amide bonds. The highest BCUT2D eigenvalue weighted by Crippen LogP contribution is 2.32.